The van der Waals surface area contributed by atoms with E-state index in [2.05, 4.69) is 32.9 Å². The largest absolute Gasteiger partial charge is 0.436 e. The van der Waals surface area contributed by atoms with Crippen molar-refractivity contribution < 1.29 is 4.74 Å². The van der Waals surface area contributed by atoms with Crippen LogP contribution in [0.15, 0.2) is 22.9 Å². The number of aromatic nitrogens is 3. The SMILES string of the molecule is CCCn1nc(C)c(N)c1Oc1cncc(Br)c1. The van der Waals surface area contributed by atoms with Gasteiger partial charge in [-0.15, -0.1) is 0 Å². The van der Waals surface area contributed by atoms with Gasteiger partial charge in [-0.2, -0.15) is 5.10 Å². The Morgan fingerprint density at radius 1 is 1.44 bits per heavy atom. The molecule has 5 nitrogen and oxygen atoms in total. The van der Waals surface area contributed by atoms with Gasteiger partial charge in [0.05, 0.1) is 11.9 Å². The van der Waals surface area contributed by atoms with Gasteiger partial charge in [-0.1, -0.05) is 6.92 Å². The molecule has 0 bridgehead atoms. The maximum absolute atomic E-state index is 5.98. The van der Waals surface area contributed by atoms with Gasteiger partial charge in [0.2, 0.25) is 5.88 Å². The van der Waals surface area contributed by atoms with E-state index in [1.165, 1.54) is 0 Å². The molecule has 0 aromatic carbocycles. The summed E-state index contributed by atoms with van der Waals surface area (Å²) < 4.78 is 8.42. The number of hydrogen-bond acceptors (Lipinski definition) is 4. The number of aryl methyl sites for hydroxylation is 2. The molecule has 0 saturated heterocycles. The lowest BCUT2D eigenvalue weighted by molar-refractivity contribution is 0.408. The highest BCUT2D eigenvalue weighted by Gasteiger charge is 2.14. The molecule has 0 aliphatic rings. The zero-order valence-electron chi connectivity index (χ0n) is 10.4. The van der Waals surface area contributed by atoms with E-state index in [1.807, 2.05) is 13.0 Å². The molecule has 0 unspecified atom stereocenters. The first-order valence-electron chi connectivity index (χ1n) is 5.73. The Hall–Kier alpha value is -1.56. The average Bonchev–Trinajstić information content (AvgIpc) is 2.58. The summed E-state index contributed by atoms with van der Waals surface area (Å²) in [7, 11) is 0. The number of nitrogen functional groups attached to an aromatic ring is 1. The number of anilines is 1. The molecule has 2 heterocycles. The summed E-state index contributed by atoms with van der Waals surface area (Å²) >= 11 is 3.35. The molecule has 0 radical (unpaired) electrons. The molecule has 0 aliphatic heterocycles. The van der Waals surface area contributed by atoms with Crippen molar-refractivity contribution in [3.8, 4) is 11.6 Å². The lowest BCUT2D eigenvalue weighted by atomic mass is 10.4. The molecule has 18 heavy (non-hydrogen) atoms. The maximum Gasteiger partial charge on any atom is 0.241 e. The van der Waals surface area contributed by atoms with E-state index < -0.39 is 0 Å². The molecule has 0 atom stereocenters. The minimum absolute atomic E-state index is 0.573. The van der Waals surface area contributed by atoms with Crippen molar-refractivity contribution in [2.45, 2.75) is 26.8 Å². The van der Waals surface area contributed by atoms with Crippen LogP contribution in [0.1, 0.15) is 19.0 Å². The van der Waals surface area contributed by atoms with Crippen LogP contribution in [0.25, 0.3) is 0 Å². The highest BCUT2D eigenvalue weighted by atomic mass is 79.9. The van der Waals surface area contributed by atoms with Crippen LogP contribution in [0.4, 0.5) is 5.69 Å². The number of nitrogens with two attached hydrogens (primary N) is 1. The summed E-state index contributed by atoms with van der Waals surface area (Å²) in [4.78, 5) is 4.05. The summed E-state index contributed by atoms with van der Waals surface area (Å²) in [6, 6.07) is 1.84. The summed E-state index contributed by atoms with van der Waals surface area (Å²) in [6.45, 7) is 4.72. The van der Waals surface area contributed by atoms with Crippen LogP contribution in [0, 0.1) is 6.92 Å². The van der Waals surface area contributed by atoms with Crippen molar-refractivity contribution >= 4 is 21.6 Å². The van der Waals surface area contributed by atoms with Crippen molar-refractivity contribution in [1.82, 2.24) is 14.8 Å². The normalized spacial score (nSPS) is 10.6. The molecule has 2 N–H and O–H groups in total. The van der Waals surface area contributed by atoms with Crippen molar-refractivity contribution in [2.24, 2.45) is 0 Å². The minimum atomic E-state index is 0.573. The van der Waals surface area contributed by atoms with Crippen LogP contribution >= 0.6 is 15.9 Å². The van der Waals surface area contributed by atoms with E-state index in [4.69, 9.17) is 10.5 Å². The Morgan fingerprint density at radius 2 is 2.22 bits per heavy atom. The van der Waals surface area contributed by atoms with Gasteiger partial charge in [0.15, 0.2) is 0 Å². The highest BCUT2D eigenvalue weighted by Crippen LogP contribution is 2.30. The first-order chi connectivity index (χ1) is 8.61. The minimum Gasteiger partial charge on any atom is -0.436 e. The van der Waals surface area contributed by atoms with Gasteiger partial charge >= 0.3 is 0 Å². The smallest absolute Gasteiger partial charge is 0.241 e. The standard InChI is InChI=1S/C12H15BrN4O/c1-3-4-17-12(11(14)8(2)16-17)18-10-5-9(13)6-15-7-10/h5-7H,3-4,14H2,1-2H3. The molecule has 96 valence electrons. The van der Waals surface area contributed by atoms with Gasteiger partial charge in [-0.05, 0) is 35.3 Å². The summed E-state index contributed by atoms with van der Waals surface area (Å²) in [5, 5.41) is 4.35. The van der Waals surface area contributed by atoms with Crippen LogP contribution < -0.4 is 10.5 Å². The predicted octanol–water partition coefficient (Wildman–Crippen LogP) is 3.13. The number of pyridine rings is 1. The number of halogens is 1. The highest BCUT2D eigenvalue weighted by molar-refractivity contribution is 9.10. The van der Waals surface area contributed by atoms with Gasteiger partial charge < -0.3 is 10.5 Å². The first kappa shape index (κ1) is 12.9. The number of nitrogens with zero attached hydrogens (tertiary/aromatic N) is 3. The average molecular weight is 311 g/mol. The molecule has 0 saturated carbocycles. The molecule has 0 aliphatic carbocycles. The Morgan fingerprint density at radius 3 is 2.89 bits per heavy atom. The second-order valence-corrected chi connectivity index (χ2v) is 4.88. The second kappa shape index (κ2) is 5.39. The fourth-order valence-corrected chi connectivity index (χ4v) is 1.95. The van der Waals surface area contributed by atoms with E-state index in [9.17, 15) is 0 Å². The third kappa shape index (κ3) is 2.64. The van der Waals surface area contributed by atoms with Gasteiger partial charge in [0, 0.05) is 17.2 Å². The third-order valence-electron chi connectivity index (χ3n) is 2.46. The molecule has 0 spiro atoms. The zero-order valence-corrected chi connectivity index (χ0v) is 11.9. The van der Waals surface area contributed by atoms with Crippen LogP contribution in [-0.4, -0.2) is 14.8 Å². The van der Waals surface area contributed by atoms with E-state index >= 15 is 0 Å². The lowest BCUT2D eigenvalue weighted by Crippen LogP contribution is -2.02. The van der Waals surface area contributed by atoms with Crippen molar-refractivity contribution in [3.05, 3.63) is 28.6 Å². The van der Waals surface area contributed by atoms with Gasteiger partial charge in [0.25, 0.3) is 0 Å². The topological polar surface area (TPSA) is 66.0 Å². The fraction of sp³-hybridized carbons (Fsp3) is 0.333. The zero-order chi connectivity index (χ0) is 13.1. The summed E-state index contributed by atoms with van der Waals surface area (Å²) in [6.07, 6.45) is 4.31. The van der Waals surface area contributed by atoms with Crippen molar-refractivity contribution in [3.63, 3.8) is 0 Å². The van der Waals surface area contributed by atoms with Gasteiger partial charge in [-0.25, -0.2) is 4.68 Å². The Labute approximate surface area is 114 Å². The Kier molecular flexibility index (Phi) is 3.86. The van der Waals surface area contributed by atoms with E-state index in [0.717, 1.165) is 23.1 Å². The number of hydrogen-bond donors (Lipinski definition) is 1. The summed E-state index contributed by atoms with van der Waals surface area (Å²) in [5.41, 5.74) is 7.33. The van der Waals surface area contributed by atoms with Crippen molar-refractivity contribution in [1.29, 1.82) is 0 Å². The van der Waals surface area contributed by atoms with Gasteiger partial charge in [0.1, 0.15) is 11.4 Å². The molecule has 2 aromatic rings. The summed E-state index contributed by atoms with van der Waals surface area (Å²) in [5.74, 6) is 1.21. The molecule has 0 fully saturated rings. The van der Waals surface area contributed by atoms with E-state index in [-0.39, 0.29) is 0 Å². The molecule has 0 amide bonds. The second-order valence-electron chi connectivity index (χ2n) is 3.97. The Bertz CT molecular complexity index is 553. The molecular weight excluding hydrogens is 296 g/mol. The third-order valence-corrected chi connectivity index (χ3v) is 2.89. The quantitative estimate of drug-likeness (QED) is 0.942. The lowest BCUT2D eigenvalue weighted by Gasteiger charge is -2.08. The van der Waals surface area contributed by atoms with Crippen LogP contribution in [-0.2, 0) is 6.54 Å². The molecule has 2 rings (SSSR count). The van der Waals surface area contributed by atoms with E-state index in [0.29, 0.717) is 17.3 Å². The molecule has 6 heteroatoms. The number of ether oxygens (including phenoxy) is 1. The Balaban J connectivity index is 2.33. The monoisotopic (exact) mass is 310 g/mol. The molecular formula is C12H15BrN4O. The number of rotatable bonds is 4. The van der Waals surface area contributed by atoms with Crippen molar-refractivity contribution in [2.75, 3.05) is 5.73 Å². The van der Waals surface area contributed by atoms with Crippen LogP contribution in [0.2, 0.25) is 0 Å². The van der Waals surface area contributed by atoms with Gasteiger partial charge in [-0.3, -0.25) is 4.98 Å². The van der Waals surface area contributed by atoms with Crippen LogP contribution in [0.5, 0.6) is 11.6 Å². The maximum atomic E-state index is 5.98. The first-order valence-corrected chi connectivity index (χ1v) is 6.52. The molecule has 2 aromatic heterocycles. The fourth-order valence-electron chi connectivity index (χ4n) is 1.60. The van der Waals surface area contributed by atoms with E-state index in [1.54, 1.807) is 17.1 Å². The van der Waals surface area contributed by atoms with Crippen LogP contribution in [0.3, 0.4) is 0 Å². The predicted molar refractivity (Wildman–Crippen MR) is 73.7 cm³/mol.